The van der Waals surface area contributed by atoms with Crippen LogP contribution in [-0.4, -0.2) is 19.2 Å². The van der Waals surface area contributed by atoms with Crippen LogP contribution in [0.3, 0.4) is 0 Å². The van der Waals surface area contributed by atoms with Crippen molar-refractivity contribution in [1.82, 2.24) is 4.98 Å². The Bertz CT molecular complexity index is 838. The minimum Gasteiger partial charge on any atom is -0.497 e. The van der Waals surface area contributed by atoms with Gasteiger partial charge in [0.2, 0.25) is 0 Å². The first kappa shape index (κ1) is 13.2. The third kappa shape index (κ3) is 2.36. The zero-order valence-electron chi connectivity index (χ0n) is 11.8. The van der Waals surface area contributed by atoms with Crippen molar-refractivity contribution in [1.29, 1.82) is 0 Å². The van der Waals surface area contributed by atoms with Gasteiger partial charge in [0.25, 0.3) is 5.56 Å². The van der Waals surface area contributed by atoms with Crippen LogP contribution >= 0.6 is 0 Å². The van der Waals surface area contributed by atoms with Crippen molar-refractivity contribution in [2.24, 2.45) is 0 Å². The standard InChI is InChI=1S/C17H15NO3/c1-20-12-8-15-14(16(9-12)21-2)10-13(17(19)18-15)11-6-4-3-5-7-11/h3-10H,1-2H3,(H,18,19). The third-order valence-electron chi connectivity index (χ3n) is 3.44. The summed E-state index contributed by atoms with van der Waals surface area (Å²) in [6.45, 7) is 0. The molecule has 2 aromatic carbocycles. The summed E-state index contributed by atoms with van der Waals surface area (Å²) in [5.74, 6) is 1.31. The maximum atomic E-state index is 12.3. The van der Waals surface area contributed by atoms with E-state index in [1.54, 1.807) is 26.4 Å². The number of aromatic nitrogens is 1. The monoisotopic (exact) mass is 281 g/mol. The third-order valence-corrected chi connectivity index (χ3v) is 3.44. The molecule has 3 aromatic rings. The van der Waals surface area contributed by atoms with Gasteiger partial charge in [-0.2, -0.15) is 0 Å². The molecule has 0 amide bonds. The molecule has 0 saturated carbocycles. The molecule has 0 fully saturated rings. The first-order chi connectivity index (χ1) is 10.2. The van der Waals surface area contributed by atoms with E-state index < -0.39 is 0 Å². The normalized spacial score (nSPS) is 10.6. The van der Waals surface area contributed by atoms with Gasteiger partial charge in [-0.3, -0.25) is 4.79 Å². The van der Waals surface area contributed by atoms with E-state index in [2.05, 4.69) is 4.98 Å². The van der Waals surface area contributed by atoms with Crippen LogP contribution in [0.1, 0.15) is 0 Å². The SMILES string of the molecule is COc1cc(OC)c2cc(-c3ccccc3)c(=O)[nH]c2c1. The molecule has 0 bridgehead atoms. The molecule has 4 nitrogen and oxygen atoms in total. The second-order valence-electron chi connectivity index (χ2n) is 4.67. The van der Waals surface area contributed by atoms with Crippen LogP contribution in [-0.2, 0) is 0 Å². The summed E-state index contributed by atoms with van der Waals surface area (Å²) < 4.78 is 10.6. The highest BCUT2D eigenvalue weighted by Gasteiger charge is 2.10. The highest BCUT2D eigenvalue weighted by molar-refractivity contribution is 5.90. The lowest BCUT2D eigenvalue weighted by Crippen LogP contribution is -2.09. The Morgan fingerprint density at radius 2 is 1.71 bits per heavy atom. The molecule has 0 unspecified atom stereocenters. The predicted octanol–water partition coefficient (Wildman–Crippen LogP) is 3.21. The molecular weight excluding hydrogens is 266 g/mol. The highest BCUT2D eigenvalue weighted by atomic mass is 16.5. The summed E-state index contributed by atoms with van der Waals surface area (Å²) in [6, 6.07) is 15.0. The van der Waals surface area contributed by atoms with E-state index in [1.807, 2.05) is 36.4 Å². The minimum absolute atomic E-state index is 0.135. The molecule has 0 atom stereocenters. The Balaban J connectivity index is 2.31. The summed E-state index contributed by atoms with van der Waals surface area (Å²) >= 11 is 0. The maximum Gasteiger partial charge on any atom is 0.256 e. The van der Waals surface area contributed by atoms with Crippen molar-refractivity contribution in [3.05, 3.63) is 58.9 Å². The van der Waals surface area contributed by atoms with Crippen molar-refractivity contribution in [2.75, 3.05) is 14.2 Å². The molecule has 0 saturated heterocycles. The molecule has 4 heteroatoms. The van der Waals surface area contributed by atoms with Gasteiger partial charge in [-0.1, -0.05) is 30.3 Å². The Morgan fingerprint density at radius 3 is 2.38 bits per heavy atom. The zero-order chi connectivity index (χ0) is 14.8. The second kappa shape index (κ2) is 5.32. The Hall–Kier alpha value is -2.75. The van der Waals surface area contributed by atoms with E-state index in [1.165, 1.54) is 0 Å². The summed E-state index contributed by atoms with van der Waals surface area (Å²) in [5.41, 5.74) is 2.05. The van der Waals surface area contributed by atoms with Crippen LogP contribution in [0.15, 0.2) is 53.3 Å². The summed E-state index contributed by atoms with van der Waals surface area (Å²) in [5, 5.41) is 0.844. The van der Waals surface area contributed by atoms with Crippen LogP contribution in [0.2, 0.25) is 0 Å². The Kier molecular flexibility index (Phi) is 3.36. The van der Waals surface area contributed by atoms with Crippen LogP contribution in [0.5, 0.6) is 11.5 Å². The van der Waals surface area contributed by atoms with E-state index in [4.69, 9.17) is 9.47 Å². The van der Waals surface area contributed by atoms with Crippen molar-refractivity contribution in [3.8, 4) is 22.6 Å². The quantitative estimate of drug-likeness (QED) is 0.802. The number of ether oxygens (including phenoxy) is 2. The molecule has 3 rings (SSSR count). The van der Waals surface area contributed by atoms with Gasteiger partial charge in [0.05, 0.1) is 19.7 Å². The molecule has 0 radical (unpaired) electrons. The van der Waals surface area contributed by atoms with E-state index in [0.717, 1.165) is 10.9 Å². The molecule has 0 aliphatic heterocycles. The van der Waals surface area contributed by atoms with Crippen LogP contribution in [0.4, 0.5) is 0 Å². The number of hydrogen-bond acceptors (Lipinski definition) is 3. The molecule has 106 valence electrons. The summed E-state index contributed by atoms with van der Waals surface area (Å²) in [7, 11) is 3.18. The minimum atomic E-state index is -0.135. The molecular formula is C17H15NO3. The molecule has 1 heterocycles. The number of aromatic amines is 1. The first-order valence-electron chi connectivity index (χ1n) is 6.57. The number of methoxy groups -OCH3 is 2. The smallest absolute Gasteiger partial charge is 0.256 e. The lowest BCUT2D eigenvalue weighted by molar-refractivity contribution is 0.398. The van der Waals surface area contributed by atoms with Crippen LogP contribution < -0.4 is 15.0 Å². The predicted molar refractivity (Wildman–Crippen MR) is 83.1 cm³/mol. The van der Waals surface area contributed by atoms with Crippen LogP contribution in [0.25, 0.3) is 22.0 Å². The van der Waals surface area contributed by atoms with Gasteiger partial charge in [-0.25, -0.2) is 0 Å². The number of fused-ring (bicyclic) bond motifs is 1. The fourth-order valence-electron chi connectivity index (χ4n) is 2.37. The number of benzene rings is 2. The maximum absolute atomic E-state index is 12.3. The summed E-state index contributed by atoms with van der Waals surface area (Å²) in [4.78, 5) is 15.2. The Labute approximate surface area is 122 Å². The van der Waals surface area contributed by atoms with Crippen molar-refractivity contribution >= 4 is 10.9 Å². The molecule has 0 aliphatic carbocycles. The van der Waals surface area contributed by atoms with Gasteiger partial charge in [0, 0.05) is 23.1 Å². The average Bonchev–Trinajstić information content (AvgIpc) is 2.53. The number of pyridine rings is 1. The molecule has 0 aliphatic rings. The molecule has 0 spiro atoms. The van der Waals surface area contributed by atoms with Gasteiger partial charge < -0.3 is 14.5 Å². The average molecular weight is 281 g/mol. The largest absolute Gasteiger partial charge is 0.497 e. The number of rotatable bonds is 3. The lowest BCUT2D eigenvalue weighted by atomic mass is 10.0. The van der Waals surface area contributed by atoms with Crippen molar-refractivity contribution in [2.45, 2.75) is 0 Å². The van der Waals surface area contributed by atoms with Gasteiger partial charge in [0.15, 0.2) is 0 Å². The van der Waals surface area contributed by atoms with E-state index >= 15 is 0 Å². The van der Waals surface area contributed by atoms with E-state index in [0.29, 0.717) is 22.6 Å². The van der Waals surface area contributed by atoms with Gasteiger partial charge in [-0.15, -0.1) is 0 Å². The van der Waals surface area contributed by atoms with Crippen LogP contribution in [0, 0.1) is 0 Å². The first-order valence-corrected chi connectivity index (χ1v) is 6.57. The number of hydrogen-bond donors (Lipinski definition) is 1. The Morgan fingerprint density at radius 1 is 0.952 bits per heavy atom. The topological polar surface area (TPSA) is 51.3 Å². The number of nitrogens with one attached hydrogen (secondary N) is 1. The van der Waals surface area contributed by atoms with E-state index in [9.17, 15) is 4.79 Å². The highest BCUT2D eigenvalue weighted by Crippen LogP contribution is 2.31. The van der Waals surface area contributed by atoms with Gasteiger partial charge in [0.1, 0.15) is 11.5 Å². The fourth-order valence-corrected chi connectivity index (χ4v) is 2.37. The summed E-state index contributed by atoms with van der Waals surface area (Å²) in [6.07, 6.45) is 0. The van der Waals surface area contributed by atoms with Crippen molar-refractivity contribution in [3.63, 3.8) is 0 Å². The fraction of sp³-hybridized carbons (Fsp3) is 0.118. The van der Waals surface area contributed by atoms with E-state index in [-0.39, 0.29) is 5.56 Å². The molecule has 1 aromatic heterocycles. The van der Waals surface area contributed by atoms with Gasteiger partial charge in [-0.05, 0) is 11.6 Å². The second-order valence-corrected chi connectivity index (χ2v) is 4.67. The zero-order valence-corrected chi connectivity index (χ0v) is 11.8. The molecule has 1 N–H and O–H groups in total. The van der Waals surface area contributed by atoms with Gasteiger partial charge >= 0.3 is 0 Å². The number of H-pyrrole nitrogens is 1. The lowest BCUT2D eigenvalue weighted by Gasteiger charge is -2.10. The molecule has 21 heavy (non-hydrogen) atoms. The van der Waals surface area contributed by atoms with Crippen molar-refractivity contribution < 1.29 is 9.47 Å².